The summed E-state index contributed by atoms with van der Waals surface area (Å²) in [7, 11) is 5.78. The number of amides is 1. The molecule has 0 aliphatic heterocycles. The van der Waals surface area contributed by atoms with Crippen molar-refractivity contribution in [1.29, 1.82) is 0 Å². The number of rotatable bonds is 22. The molecular weight excluding hydrogens is 443 g/mol. The first-order chi connectivity index (χ1) is 15.5. The molecule has 0 aromatic carbocycles. The van der Waals surface area contributed by atoms with Crippen LogP contribution in [-0.4, -0.2) is 93.9 Å². The Morgan fingerprint density at radius 3 is 2.41 bits per heavy atom. The Morgan fingerprint density at radius 1 is 1.06 bits per heavy atom. The van der Waals surface area contributed by atoms with E-state index >= 15 is 0 Å². The lowest BCUT2D eigenvalue weighted by atomic mass is 9.87. The molecule has 2 atom stereocenters. The minimum atomic E-state index is -0.0303. The maximum Gasteiger partial charge on any atom is 0.274 e. The van der Waals surface area contributed by atoms with Gasteiger partial charge in [0.05, 0.1) is 23.7 Å². The van der Waals surface area contributed by atoms with Gasteiger partial charge in [0.25, 0.3) is 7.41 Å². The largest absolute Gasteiger partial charge is 0.380 e. The van der Waals surface area contributed by atoms with E-state index in [0.29, 0.717) is 32.6 Å². The number of ketones is 1. The highest BCUT2D eigenvalue weighted by molar-refractivity contribution is 8.04. The van der Waals surface area contributed by atoms with Gasteiger partial charge in [-0.1, -0.05) is 32.5 Å². The van der Waals surface area contributed by atoms with E-state index in [0.717, 1.165) is 24.4 Å². The minimum absolute atomic E-state index is 0.0303. The average molecular weight is 486 g/mol. The minimum Gasteiger partial charge on any atom is -0.380 e. The summed E-state index contributed by atoms with van der Waals surface area (Å²) >= 11 is 3.65. The maximum absolute atomic E-state index is 11.9. The Hall–Kier alpha value is -0.835. The monoisotopic (exact) mass is 485 g/mol. The molecule has 0 aromatic heterocycles. The van der Waals surface area contributed by atoms with E-state index in [-0.39, 0.29) is 22.2 Å². The molecule has 7 nitrogen and oxygen atoms in total. The number of aliphatic imine (C=N–C) groups is 1. The van der Waals surface area contributed by atoms with Crippen LogP contribution in [-0.2, 0) is 14.3 Å². The molecule has 1 amide bonds. The van der Waals surface area contributed by atoms with Gasteiger partial charge in [-0.3, -0.25) is 14.6 Å². The lowest BCUT2D eigenvalue weighted by Crippen LogP contribution is -2.30. The fourth-order valence-electron chi connectivity index (χ4n) is 2.55. The molecule has 0 fully saturated rings. The standard InChI is InChI=1S/C22H42BN4O3S2/c1-5-6-7-10-23-27-18-21(31-15-11-24-3)20(17-25-4)32-16-12-26-22(29)9-14-30-13-8-19(2)28/h17-18,20-21,24H,5-16H2,1-4H3,(H,26,29). The number of unbranched alkanes of at least 4 members (excludes halogenated alkanes) is 2. The van der Waals surface area contributed by atoms with Crippen LogP contribution in [0.3, 0.4) is 0 Å². The van der Waals surface area contributed by atoms with Crippen molar-refractivity contribution in [3.63, 3.8) is 0 Å². The molecule has 1 radical (unpaired) electrons. The second kappa shape index (κ2) is 23.3. The van der Waals surface area contributed by atoms with Crippen LogP contribution in [0.15, 0.2) is 9.90 Å². The van der Waals surface area contributed by atoms with Gasteiger partial charge in [-0.15, -0.1) is 23.5 Å². The summed E-state index contributed by atoms with van der Waals surface area (Å²) in [4.78, 5) is 31.6. The summed E-state index contributed by atoms with van der Waals surface area (Å²) in [5, 5.41) is 6.55. The van der Waals surface area contributed by atoms with Crippen molar-refractivity contribution in [3.05, 3.63) is 0 Å². The summed E-state index contributed by atoms with van der Waals surface area (Å²) in [5.74, 6) is 1.86. The summed E-state index contributed by atoms with van der Waals surface area (Å²) in [6.07, 6.45) is 9.39. The smallest absolute Gasteiger partial charge is 0.274 e. The molecule has 0 aliphatic carbocycles. The van der Waals surface area contributed by atoms with Gasteiger partial charge in [-0.25, -0.2) is 0 Å². The van der Waals surface area contributed by atoms with Crippen LogP contribution in [0.1, 0.15) is 46.0 Å². The SMILES string of the molecule is CCCCC[B]N=CC(SCCNC)C(C=NC)SCCNC(=O)CCOCCC(C)=O. The zero-order valence-electron chi connectivity index (χ0n) is 20.3. The normalized spacial score (nSPS) is 13.5. The maximum atomic E-state index is 11.9. The number of hydrogen-bond donors (Lipinski definition) is 2. The predicted molar refractivity (Wildman–Crippen MR) is 143 cm³/mol. The van der Waals surface area contributed by atoms with Crippen molar-refractivity contribution >= 4 is 55.1 Å². The first-order valence-corrected chi connectivity index (χ1v) is 13.6. The highest BCUT2D eigenvalue weighted by Crippen LogP contribution is 2.22. The van der Waals surface area contributed by atoms with Crippen LogP contribution in [0.4, 0.5) is 0 Å². The highest BCUT2D eigenvalue weighted by Gasteiger charge is 2.19. The molecule has 0 bridgehead atoms. The summed E-state index contributed by atoms with van der Waals surface area (Å²) in [5.41, 5.74) is 0. The topological polar surface area (TPSA) is 92.2 Å². The second-order valence-corrected chi connectivity index (χ2v) is 9.89. The summed E-state index contributed by atoms with van der Waals surface area (Å²) in [6, 6.07) is 0. The molecule has 0 saturated carbocycles. The van der Waals surface area contributed by atoms with Crippen molar-refractivity contribution in [2.75, 3.05) is 51.9 Å². The molecule has 0 heterocycles. The molecule has 0 rings (SSSR count). The van der Waals surface area contributed by atoms with Gasteiger partial charge in [0.1, 0.15) is 5.78 Å². The third kappa shape index (κ3) is 19.8. The van der Waals surface area contributed by atoms with Crippen molar-refractivity contribution in [1.82, 2.24) is 10.6 Å². The number of ether oxygens (including phenoxy) is 1. The van der Waals surface area contributed by atoms with E-state index in [4.69, 9.17) is 4.74 Å². The molecule has 2 unspecified atom stereocenters. The zero-order valence-corrected chi connectivity index (χ0v) is 21.9. The third-order valence-electron chi connectivity index (χ3n) is 4.36. The van der Waals surface area contributed by atoms with Gasteiger partial charge in [-0.2, -0.15) is 0 Å². The van der Waals surface area contributed by atoms with Crippen LogP contribution in [0.25, 0.3) is 0 Å². The van der Waals surface area contributed by atoms with E-state index in [1.54, 1.807) is 18.8 Å². The Labute approximate surface area is 204 Å². The van der Waals surface area contributed by atoms with Crippen molar-refractivity contribution in [3.8, 4) is 0 Å². The van der Waals surface area contributed by atoms with Crippen LogP contribution in [0, 0.1) is 0 Å². The van der Waals surface area contributed by atoms with E-state index in [1.807, 2.05) is 38.7 Å². The van der Waals surface area contributed by atoms with Gasteiger partial charge in [0.15, 0.2) is 0 Å². The molecule has 0 aliphatic rings. The molecular formula is C22H42BN4O3S2. The van der Waals surface area contributed by atoms with Gasteiger partial charge < -0.3 is 20.3 Å². The van der Waals surface area contributed by atoms with E-state index < -0.39 is 0 Å². The fraction of sp³-hybridized carbons (Fsp3) is 0.818. The number of thioether (sulfide) groups is 2. The lowest BCUT2D eigenvalue weighted by molar-refractivity contribution is -0.122. The van der Waals surface area contributed by atoms with Crippen LogP contribution in [0.5, 0.6) is 0 Å². The van der Waals surface area contributed by atoms with Crippen LogP contribution in [0.2, 0.25) is 6.32 Å². The number of nitrogens with one attached hydrogen (secondary N) is 2. The Balaban J connectivity index is 4.40. The van der Waals surface area contributed by atoms with Gasteiger partial charge in [0.2, 0.25) is 5.91 Å². The summed E-state index contributed by atoms with van der Waals surface area (Å²) < 4.78 is 5.31. The van der Waals surface area contributed by atoms with E-state index in [9.17, 15) is 9.59 Å². The van der Waals surface area contributed by atoms with E-state index in [1.165, 1.54) is 26.2 Å². The first kappa shape index (κ1) is 31.2. The van der Waals surface area contributed by atoms with Gasteiger partial charge in [0, 0.05) is 50.7 Å². The summed E-state index contributed by atoms with van der Waals surface area (Å²) in [6.45, 7) is 6.00. The Kier molecular flexibility index (Phi) is 22.7. The molecule has 0 saturated heterocycles. The average Bonchev–Trinajstić information content (AvgIpc) is 2.76. The lowest BCUT2D eigenvalue weighted by Gasteiger charge is -2.20. The van der Waals surface area contributed by atoms with E-state index in [2.05, 4.69) is 27.5 Å². The quantitative estimate of drug-likeness (QED) is 0.139. The molecule has 10 heteroatoms. The predicted octanol–water partition coefficient (Wildman–Crippen LogP) is 2.91. The molecule has 32 heavy (non-hydrogen) atoms. The fourth-order valence-corrected chi connectivity index (χ4v) is 4.99. The van der Waals surface area contributed by atoms with Crippen LogP contribution >= 0.6 is 23.5 Å². The number of Topliss-reactive ketones (excluding diaryl/α,β-unsaturated/α-hetero) is 1. The second-order valence-electron chi connectivity index (χ2n) is 7.32. The molecule has 0 spiro atoms. The van der Waals surface area contributed by atoms with Gasteiger partial charge in [-0.05, 0) is 20.2 Å². The van der Waals surface area contributed by atoms with Crippen molar-refractivity contribution in [2.24, 2.45) is 9.90 Å². The first-order valence-electron chi connectivity index (χ1n) is 11.5. The number of hydrogen-bond acceptors (Lipinski definition) is 8. The highest BCUT2D eigenvalue weighted by atomic mass is 32.2. The van der Waals surface area contributed by atoms with Crippen molar-refractivity contribution in [2.45, 2.75) is 62.8 Å². The third-order valence-corrected chi connectivity index (χ3v) is 7.02. The zero-order chi connectivity index (χ0) is 23.9. The Bertz CT molecular complexity index is 539. The number of carbonyl (C=O) groups excluding carboxylic acids is 2. The molecule has 2 N–H and O–H groups in total. The number of nitrogens with zero attached hydrogens (tertiary/aromatic N) is 2. The molecule has 0 aromatic rings. The molecule has 183 valence electrons. The van der Waals surface area contributed by atoms with Crippen molar-refractivity contribution < 1.29 is 14.3 Å². The van der Waals surface area contributed by atoms with Gasteiger partial charge >= 0.3 is 0 Å². The van der Waals surface area contributed by atoms with Crippen LogP contribution < -0.4 is 10.6 Å². The number of carbonyl (C=O) groups is 2. The Morgan fingerprint density at radius 2 is 1.75 bits per heavy atom.